The molecule has 0 amide bonds. The van der Waals surface area contributed by atoms with Gasteiger partial charge in [0.05, 0.1) is 0 Å². The maximum Gasteiger partial charge on any atom is 0.00682 e. The average Bonchev–Trinajstić information content (AvgIpc) is 3.14. The van der Waals surface area contributed by atoms with Gasteiger partial charge in [-0.05, 0) is 84.7 Å². The summed E-state index contributed by atoms with van der Waals surface area (Å²) in [6.07, 6.45) is 8.36. The molecule has 3 heteroatoms. The maximum absolute atomic E-state index is 3.60. The van der Waals surface area contributed by atoms with Crippen molar-refractivity contribution in [3.05, 3.63) is 0 Å². The van der Waals surface area contributed by atoms with Gasteiger partial charge in [0.1, 0.15) is 0 Å². The van der Waals surface area contributed by atoms with Crippen LogP contribution in [0.5, 0.6) is 0 Å². The largest absolute Gasteiger partial charge is 0.314 e. The summed E-state index contributed by atoms with van der Waals surface area (Å²) in [6.45, 7) is 6.49. The smallest absolute Gasteiger partial charge is 0.00682 e. The van der Waals surface area contributed by atoms with Crippen LogP contribution in [0.4, 0.5) is 0 Å². The summed E-state index contributed by atoms with van der Waals surface area (Å²) in [4.78, 5) is 5.01. The van der Waals surface area contributed by atoms with Crippen molar-refractivity contribution in [3.63, 3.8) is 0 Å². The Morgan fingerprint density at radius 2 is 1.78 bits per heavy atom. The monoisotopic (exact) mass is 253 g/mol. The first kappa shape index (κ1) is 14.3. The van der Waals surface area contributed by atoms with Crippen molar-refractivity contribution in [3.8, 4) is 0 Å². The summed E-state index contributed by atoms with van der Waals surface area (Å²) in [6, 6.07) is 0.881. The first-order valence-corrected chi connectivity index (χ1v) is 7.84. The molecule has 0 radical (unpaired) electrons. The summed E-state index contributed by atoms with van der Waals surface area (Å²) in [5.74, 6) is 0.938. The van der Waals surface area contributed by atoms with Gasteiger partial charge in [-0.15, -0.1) is 0 Å². The Kier molecular flexibility index (Phi) is 5.93. The van der Waals surface area contributed by atoms with Gasteiger partial charge in [-0.3, -0.25) is 0 Å². The predicted molar refractivity (Wildman–Crippen MR) is 78.0 cm³/mol. The number of likely N-dealkylation sites (tertiary alicyclic amines) is 1. The van der Waals surface area contributed by atoms with E-state index in [2.05, 4.69) is 29.2 Å². The normalized spacial score (nSPS) is 22.8. The first-order valence-electron chi connectivity index (χ1n) is 7.84. The van der Waals surface area contributed by atoms with E-state index in [1.54, 1.807) is 0 Å². The minimum Gasteiger partial charge on any atom is -0.314 e. The summed E-state index contributed by atoms with van der Waals surface area (Å²) in [5.41, 5.74) is 0. The molecule has 0 aromatic heterocycles. The quantitative estimate of drug-likeness (QED) is 0.665. The molecular formula is C15H31N3. The zero-order valence-corrected chi connectivity index (χ0v) is 12.3. The SMILES string of the molecule is CN(C)CC1CCN(CCCCNC2CC2)CC1. The van der Waals surface area contributed by atoms with Crippen LogP contribution < -0.4 is 5.32 Å². The molecular weight excluding hydrogens is 222 g/mol. The Morgan fingerprint density at radius 3 is 2.39 bits per heavy atom. The molecule has 0 bridgehead atoms. The fourth-order valence-corrected chi connectivity index (χ4v) is 2.96. The highest BCUT2D eigenvalue weighted by molar-refractivity contribution is 4.80. The van der Waals surface area contributed by atoms with Crippen molar-refractivity contribution in [2.24, 2.45) is 5.92 Å². The average molecular weight is 253 g/mol. The van der Waals surface area contributed by atoms with Crippen molar-refractivity contribution in [2.75, 3.05) is 46.8 Å². The van der Waals surface area contributed by atoms with Crippen molar-refractivity contribution in [2.45, 2.75) is 44.6 Å². The van der Waals surface area contributed by atoms with Gasteiger partial charge in [-0.1, -0.05) is 0 Å². The van der Waals surface area contributed by atoms with E-state index in [1.807, 2.05) is 0 Å². The first-order chi connectivity index (χ1) is 8.74. The third-order valence-electron chi connectivity index (χ3n) is 4.24. The fraction of sp³-hybridized carbons (Fsp3) is 1.00. The second kappa shape index (κ2) is 7.46. The molecule has 1 heterocycles. The lowest BCUT2D eigenvalue weighted by atomic mass is 9.96. The minimum absolute atomic E-state index is 0.881. The summed E-state index contributed by atoms with van der Waals surface area (Å²) >= 11 is 0. The van der Waals surface area contributed by atoms with Crippen LogP contribution in [0.1, 0.15) is 38.5 Å². The van der Waals surface area contributed by atoms with Crippen molar-refractivity contribution < 1.29 is 0 Å². The molecule has 1 saturated carbocycles. The van der Waals surface area contributed by atoms with Crippen molar-refractivity contribution in [1.29, 1.82) is 0 Å². The summed E-state index contributed by atoms with van der Waals surface area (Å²) in [7, 11) is 4.39. The number of piperidine rings is 1. The molecule has 3 nitrogen and oxygen atoms in total. The van der Waals surface area contributed by atoms with Crippen LogP contribution in [0.15, 0.2) is 0 Å². The van der Waals surface area contributed by atoms with E-state index in [-0.39, 0.29) is 0 Å². The van der Waals surface area contributed by atoms with Crippen LogP contribution in [-0.2, 0) is 0 Å². The van der Waals surface area contributed by atoms with Crippen LogP contribution in [0.2, 0.25) is 0 Å². The number of hydrogen-bond donors (Lipinski definition) is 1. The molecule has 2 rings (SSSR count). The molecule has 1 aliphatic carbocycles. The topological polar surface area (TPSA) is 18.5 Å². The highest BCUT2D eigenvalue weighted by atomic mass is 15.1. The van der Waals surface area contributed by atoms with Crippen LogP contribution in [0.3, 0.4) is 0 Å². The highest BCUT2D eigenvalue weighted by Gasteiger charge is 2.20. The number of nitrogens with zero attached hydrogens (tertiary/aromatic N) is 2. The lowest BCUT2D eigenvalue weighted by molar-refractivity contribution is 0.160. The Bertz CT molecular complexity index is 218. The Morgan fingerprint density at radius 1 is 1.06 bits per heavy atom. The lowest BCUT2D eigenvalue weighted by Crippen LogP contribution is -2.37. The number of unbranched alkanes of at least 4 members (excludes halogenated alkanes) is 1. The minimum atomic E-state index is 0.881. The molecule has 0 spiro atoms. The van der Waals surface area contributed by atoms with Gasteiger partial charge in [0.25, 0.3) is 0 Å². The van der Waals surface area contributed by atoms with Gasteiger partial charge >= 0.3 is 0 Å². The molecule has 0 aromatic carbocycles. The second-order valence-corrected chi connectivity index (χ2v) is 6.48. The predicted octanol–water partition coefficient (Wildman–Crippen LogP) is 1.79. The number of rotatable bonds is 8. The van der Waals surface area contributed by atoms with Gasteiger partial charge in [0, 0.05) is 12.6 Å². The molecule has 18 heavy (non-hydrogen) atoms. The van der Waals surface area contributed by atoms with E-state index in [4.69, 9.17) is 0 Å². The van der Waals surface area contributed by atoms with Crippen molar-refractivity contribution in [1.82, 2.24) is 15.1 Å². The van der Waals surface area contributed by atoms with Crippen LogP contribution in [0, 0.1) is 5.92 Å². The lowest BCUT2D eigenvalue weighted by Gasteiger charge is -2.33. The Labute approximate surface area is 113 Å². The van der Waals surface area contributed by atoms with Crippen LogP contribution in [-0.4, -0.2) is 62.7 Å². The van der Waals surface area contributed by atoms with E-state index in [0.29, 0.717) is 0 Å². The standard InChI is InChI=1S/C15H31N3/c1-17(2)13-14-7-11-18(12-8-14)10-4-3-9-16-15-5-6-15/h14-16H,3-13H2,1-2H3. The Balaban J connectivity index is 1.45. The van der Waals surface area contributed by atoms with Crippen LogP contribution >= 0.6 is 0 Å². The molecule has 0 aromatic rings. The fourth-order valence-electron chi connectivity index (χ4n) is 2.96. The molecule has 1 saturated heterocycles. The second-order valence-electron chi connectivity index (χ2n) is 6.48. The molecule has 106 valence electrons. The van der Waals surface area contributed by atoms with Crippen molar-refractivity contribution >= 4 is 0 Å². The molecule has 2 aliphatic rings. The third-order valence-corrected chi connectivity index (χ3v) is 4.24. The number of nitrogens with one attached hydrogen (secondary N) is 1. The molecule has 0 atom stereocenters. The molecule has 2 fully saturated rings. The zero-order valence-electron chi connectivity index (χ0n) is 12.3. The van der Waals surface area contributed by atoms with Crippen LogP contribution in [0.25, 0.3) is 0 Å². The Hall–Kier alpha value is -0.120. The van der Waals surface area contributed by atoms with Gasteiger partial charge in [0.15, 0.2) is 0 Å². The number of hydrogen-bond acceptors (Lipinski definition) is 3. The molecule has 1 aliphatic heterocycles. The van der Waals surface area contributed by atoms with E-state index in [0.717, 1.165) is 12.0 Å². The third kappa shape index (κ3) is 5.68. The molecule has 0 unspecified atom stereocenters. The van der Waals surface area contributed by atoms with Gasteiger partial charge in [0.2, 0.25) is 0 Å². The van der Waals surface area contributed by atoms with E-state index < -0.39 is 0 Å². The summed E-state index contributed by atoms with van der Waals surface area (Å²) in [5, 5.41) is 3.60. The zero-order chi connectivity index (χ0) is 12.8. The van der Waals surface area contributed by atoms with Gasteiger partial charge in [-0.2, -0.15) is 0 Å². The molecule has 1 N–H and O–H groups in total. The maximum atomic E-state index is 3.60. The highest BCUT2D eigenvalue weighted by Crippen LogP contribution is 2.19. The van der Waals surface area contributed by atoms with E-state index in [9.17, 15) is 0 Å². The summed E-state index contributed by atoms with van der Waals surface area (Å²) < 4.78 is 0. The van der Waals surface area contributed by atoms with Gasteiger partial charge < -0.3 is 15.1 Å². The van der Waals surface area contributed by atoms with E-state index in [1.165, 1.54) is 71.2 Å². The van der Waals surface area contributed by atoms with Gasteiger partial charge in [-0.25, -0.2) is 0 Å². The van der Waals surface area contributed by atoms with E-state index >= 15 is 0 Å².